The van der Waals surface area contributed by atoms with E-state index < -0.39 is 0 Å². The van der Waals surface area contributed by atoms with E-state index in [1.807, 2.05) is 13.8 Å². The lowest BCUT2D eigenvalue weighted by Gasteiger charge is -2.13. The second kappa shape index (κ2) is 6.20. The van der Waals surface area contributed by atoms with E-state index in [2.05, 4.69) is 15.6 Å². The Labute approximate surface area is 101 Å². The van der Waals surface area contributed by atoms with Gasteiger partial charge in [0.1, 0.15) is 5.75 Å². The van der Waals surface area contributed by atoms with Crippen molar-refractivity contribution in [2.24, 2.45) is 0 Å². The molecule has 0 saturated carbocycles. The quantitative estimate of drug-likeness (QED) is 0.705. The molecule has 0 fully saturated rings. The number of hydrogen-bond acceptors (Lipinski definition) is 4. The van der Waals surface area contributed by atoms with Crippen LogP contribution >= 0.6 is 0 Å². The number of carbonyl (C=O) groups excluding carboxylic acids is 1. The molecule has 0 aliphatic heterocycles. The molecule has 0 aromatic carbocycles. The Hall–Kier alpha value is -1.62. The van der Waals surface area contributed by atoms with Crippen molar-refractivity contribution in [3.05, 3.63) is 23.5 Å². The van der Waals surface area contributed by atoms with E-state index in [1.54, 1.807) is 19.1 Å². The zero-order valence-corrected chi connectivity index (χ0v) is 10.4. The van der Waals surface area contributed by atoms with Crippen LogP contribution in [0.15, 0.2) is 12.1 Å². The lowest BCUT2D eigenvalue weighted by Crippen LogP contribution is -2.41. The number of carbonyl (C=O) groups is 1. The minimum atomic E-state index is -0.309. The monoisotopic (exact) mass is 237 g/mol. The molecule has 1 aromatic rings. The van der Waals surface area contributed by atoms with Crippen LogP contribution in [0.25, 0.3) is 0 Å². The molecule has 5 heteroatoms. The molecule has 3 N–H and O–H groups in total. The van der Waals surface area contributed by atoms with Gasteiger partial charge in [-0.3, -0.25) is 9.78 Å². The van der Waals surface area contributed by atoms with E-state index in [0.717, 1.165) is 5.69 Å². The fourth-order valence-electron chi connectivity index (χ4n) is 1.40. The smallest absolute Gasteiger partial charge is 0.236 e. The maximum atomic E-state index is 11.5. The van der Waals surface area contributed by atoms with E-state index >= 15 is 0 Å². The summed E-state index contributed by atoms with van der Waals surface area (Å²) in [5, 5.41) is 15.3. The first-order valence-corrected chi connectivity index (χ1v) is 5.71. The second-order valence-corrected chi connectivity index (χ2v) is 3.92. The minimum absolute atomic E-state index is 0.0559. The van der Waals surface area contributed by atoms with Crippen LogP contribution in [-0.4, -0.2) is 28.6 Å². The number of rotatable bonds is 5. The molecule has 1 rings (SSSR count). The summed E-state index contributed by atoms with van der Waals surface area (Å²) in [5.41, 5.74) is 1.39. The summed E-state index contributed by atoms with van der Waals surface area (Å²) >= 11 is 0. The Kier molecular flexibility index (Phi) is 4.90. The van der Waals surface area contributed by atoms with Crippen molar-refractivity contribution in [3.8, 4) is 5.75 Å². The van der Waals surface area contributed by atoms with Gasteiger partial charge in [0, 0.05) is 18.8 Å². The number of amides is 1. The molecular weight excluding hydrogens is 218 g/mol. The zero-order chi connectivity index (χ0) is 12.8. The highest BCUT2D eigenvalue weighted by Crippen LogP contribution is 2.14. The molecule has 94 valence electrons. The maximum Gasteiger partial charge on any atom is 0.236 e. The topological polar surface area (TPSA) is 74.2 Å². The Bertz CT molecular complexity index is 393. The van der Waals surface area contributed by atoms with E-state index in [0.29, 0.717) is 18.8 Å². The van der Waals surface area contributed by atoms with Crippen LogP contribution in [0.3, 0.4) is 0 Å². The molecule has 5 nitrogen and oxygen atoms in total. The third-order valence-corrected chi connectivity index (χ3v) is 2.41. The summed E-state index contributed by atoms with van der Waals surface area (Å²) in [7, 11) is 0. The molecule has 17 heavy (non-hydrogen) atoms. The lowest BCUT2D eigenvalue weighted by molar-refractivity contribution is -0.122. The van der Waals surface area contributed by atoms with E-state index in [-0.39, 0.29) is 17.7 Å². The predicted molar refractivity (Wildman–Crippen MR) is 65.6 cm³/mol. The third kappa shape index (κ3) is 4.03. The standard InChI is InChI=1S/C12H19N3O2/c1-4-13-12(17)9(3)14-7-10-11(16)6-5-8(2)15-10/h5-6,9,14,16H,4,7H2,1-3H3,(H,13,17). The fraction of sp³-hybridized carbons (Fsp3) is 0.500. The molecule has 1 heterocycles. The number of pyridine rings is 1. The molecule has 1 amide bonds. The van der Waals surface area contributed by atoms with Gasteiger partial charge in [-0.1, -0.05) is 0 Å². The normalized spacial score (nSPS) is 12.2. The Morgan fingerprint density at radius 3 is 2.88 bits per heavy atom. The van der Waals surface area contributed by atoms with Crippen LogP contribution in [0.2, 0.25) is 0 Å². The summed E-state index contributed by atoms with van der Waals surface area (Å²) in [6.07, 6.45) is 0. The van der Waals surface area contributed by atoms with Gasteiger partial charge in [0.05, 0.1) is 11.7 Å². The molecule has 1 unspecified atom stereocenters. The average molecular weight is 237 g/mol. The van der Waals surface area contributed by atoms with Crippen molar-refractivity contribution in [2.45, 2.75) is 33.4 Å². The lowest BCUT2D eigenvalue weighted by atomic mass is 10.2. The molecule has 1 aromatic heterocycles. The summed E-state index contributed by atoms with van der Waals surface area (Å²) < 4.78 is 0. The van der Waals surface area contributed by atoms with Crippen molar-refractivity contribution < 1.29 is 9.90 Å². The summed E-state index contributed by atoms with van der Waals surface area (Å²) in [5.74, 6) is 0.0887. The van der Waals surface area contributed by atoms with Crippen molar-refractivity contribution in [3.63, 3.8) is 0 Å². The molecule has 0 aliphatic rings. The number of aromatic hydroxyl groups is 1. The Morgan fingerprint density at radius 2 is 2.24 bits per heavy atom. The van der Waals surface area contributed by atoms with E-state index in [4.69, 9.17) is 0 Å². The van der Waals surface area contributed by atoms with Crippen LogP contribution in [-0.2, 0) is 11.3 Å². The highest BCUT2D eigenvalue weighted by Gasteiger charge is 2.12. The second-order valence-electron chi connectivity index (χ2n) is 3.92. The highest BCUT2D eigenvalue weighted by molar-refractivity contribution is 5.81. The van der Waals surface area contributed by atoms with Crippen molar-refractivity contribution in [1.29, 1.82) is 0 Å². The average Bonchev–Trinajstić information content (AvgIpc) is 2.30. The molecule has 0 bridgehead atoms. The first kappa shape index (κ1) is 13.4. The number of nitrogens with one attached hydrogen (secondary N) is 2. The van der Waals surface area contributed by atoms with Gasteiger partial charge in [-0.05, 0) is 32.9 Å². The first-order valence-electron chi connectivity index (χ1n) is 5.71. The maximum absolute atomic E-state index is 11.5. The molecule has 0 radical (unpaired) electrons. The predicted octanol–water partition coefficient (Wildman–Crippen LogP) is 0.710. The molecule has 0 saturated heterocycles. The van der Waals surface area contributed by atoms with E-state index in [9.17, 15) is 9.90 Å². The largest absolute Gasteiger partial charge is 0.506 e. The van der Waals surface area contributed by atoms with Gasteiger partial charge in [-0.25, -0.2) is 0 Å². The van der Waals surface area contributed by atoms with Gasteiger partial charge in [0.25, 0.3) is 0 Å². The summed E-state index contributed by atoms with van der Waals surface area (Å²) in [4.78, 5) is 15.7. The SMILES string of the molecule is CCNC(=O)C(C)NCc1nc(C)ccc1O. The molecule has 1 atom stereocenters. The van der Waals surface area contributed by atoms with Crippen molar-refractivity contribution in [2.75, 3.05) is 6.54 Å². The van der Waals surface area contributed by atoms with Gasteiger partial charge in [0.15, 0.2) is 0 Å². The highest BCUT2D eigenvalue weighted by atomic mass is 16.3. The number of hydrogen-bond donors (Lipinski definition) is 3. The number of aryl methyl sites for hydroxylation is 1. The molecule has 0 aliphatic carbocycles. The van der Waals surface area contributed by atoms with Crippen LogP contribution in [0.4, 0.5) is 0 Å². The van der Waals surface area contributed by atoms with Crippen molar-refractivity contribution in [1.82, 2.24) is 15.6 Å². The van der Waals surface area contributed by atoms with Crippen LogP contribution in [0.1, 0.15) is 25.2 Å². The number of likely N-dealkylation sites (N-methyl/N-ethyl adjacent to an activating group) is 1. The summed E-state index contributed by atoms with van der Waals surface area (Å²) in [6, 6.07) is 3.04. The van der Waals surface area contributed by atoms with Gasteiger partial charge < -0.3 is 15.7 Å². The molecular formula is C12H19N3O2. The number of aromatic nitrogens is 1. The minimum Gasteiger partial charge on any atom is -0.506 e. The Morgan fingerprint density at radius 1 is 1.53 bits per heavy atom. The van der Waals surface area contributed by atoms with E-state index in [1.165, 1.54) is 0 Å². The number of nitrogens with zero attached hydrogens (tertiary/aromatic N) is 1. The first-order chi connectivity index (χ1) is 8.04. The zero-order valence-electron chi connectivity index (χ0n) is 10.4. The van der Waals surface area contributed by atoms with Gasteiger partial charge in [-0.15, -0.1) is 0 Å². The fourth-order valence-corrected chi connectivity index (χ4v) is 1.40. The van der Waals surface area contributed by atoms with Crippen molar-refractivity contribution >= 4 is 5.91 Å². The van der Waals surface area contributed by atoms with Gasteiger partial charge in [-0.2, -0.15) is 0 Å². The Balaban J connectivity index is 2.55. The van der Waals surface area contributed by atoms with Crippen LogP contribution < -0.4 is 10.6 Å². The third-order valence-electron chi connectivity index (χ3n) is 2.41. The summed E-state index contributed by atoms with van der Waals surface area (Å²) in [6.45, 7) is 6.48. The van der Waals surface area contributed by atoms with Gasteiger partial charge >= 0.3 is 0 Å². The van der Waals surface area contributed by atoms with Gasteiger partial charge in [0.2, 0.25) is 5.91 Å². The van der Waals surface area contributed by atoms with Crippen LogP contribution in [0, 0.1) is 6.92 Å². The molecule has 0 spiro atoms. The van der Waals surface area contributed by atoms with Crippen LogP contribution in [0.5, 0.6) is 5.75 Å².